The molecule has 5 heteroatoms. The van der Waals surface area contributed by atoms with Gasteiger partial charge in [-0.05, 0) is 35.9 Å². The lowest BCUT2D eigenvalue weighted by Crippen LogP contribution is -2.29. The van der Waals surface area contributed by atoms with Crippen LogP contribution in [-0.2, 0) is 17.9 Å². The number of hydrogen-bond donors (Lipinski definition) is 2. The highest BCUT2D eigenvalue weighted by atomic mass is 19.1. The summed E-state index contributed by atoms with van der Waals surface area (Å²) in [6.45, 7) is 0.782. The Labute approximate surface area is 158 Å². The number of halogens is 1. The van der Waals surface area contributed by atoms with Gasteiger partial charge in [0.2, 0.25) is 5.91 Å². The lowest BCUT2D eigenvalue weighted by Gasteiger charge is -2.10. The van der Waals surface area contributed by atoms with Gasteiger partial charge in [-0.2, -0.15) is 0 Å². The van der Waals surface area contributed by atoms with Gasteiger partial charge >= 0.3 is 0 Å². The first-order chi connectivity index (χ1) is 13.2. The number of hydrogen-bond acceptors (Lipinski definition) is 3. The second kappa shape index (κ2) is 9.38. The van der Waals surface area contributed by atoms with Crippen LogP contribution in [-0.4, -0.2) is 12.5 Å². The van der Waals surface area contributed by atoms with Crippen molar-refractivity contribution in [2.45, 2.75) is 13.2 Å². The van der Waals surface area contributed by atoms with Crippen LogP contribution in [0.5, 0.6) is 5.75 Å². The van der Waals surface area contributed by atoms with Crippen molar-refractivity contribution in [2.75, 3.05) is 11.9 Å². The van der Waals surface area contributed by atoms with Crippen LogP contribution in [0.1, 0.15) is 11.1 Å². The van der Waals surface area contributed by atoms with Crippen LogP contribution in [0, 0.1) is 5.82 Å². The Morgan fingerprint density at radius 1 is 0.889 bits per heavy atom. The minimum Gasteiger partial charge on any atom is -0.489 e. The van der Waals surface area contributed by atoms with Gasteiger partial charge in [-0.15, -0.1) is 0 Å². The van der Waals surface area contributed by atoms with E-state index in [1.807, 2.05) is 54.6 Å². The van der Waals surface area contributed by atoms with Gasteiger partial charge in [-0.3, -0.25) is 4.79 Å². The minimum absolute atomic E-state index is 0.110. The number of nitrogens with one attached hydrogen (secondary N) is 2. The second-order valence-corrected chi connectivity index (χ2v) is 6.02. The number of carbonyl (C=O) groups is 1. The number of carbonyl (C=O) groups excluding carboxylic acids is 1. The molecule has 2 N–H and O–H groups in total. The number of rotatable bonds is 8. The monoisotopic (exact) mass is 364 g/mol. The maximum absolute atomic E-state index is 13.5. The molecule has 0 saturated heterocycles. The molecule has 1 amide bonds. The molecule has 138 valence electrons. The SMILES string of the molecule is O=C(CNc1ccc(OCc2ccccc2)cc1)NCc1ccccc1F. The molecule has 0 spiro atoms. The zero-order chi connectivity index (χ0) is 18.9. The first-order valence-corrected chi connectivity index (χ1v) is 8.71. The molecule has 0 heterocycles. The molecule has 0 aromatic heterocycles. The smallest absolute Gasteiger partial charge is 0.239 e. The summed E-state index contributed by atoms with van der Waals surface area (Å²) >= 11 is 0. The highest BCUT2D eigenvalue weighted by Gasteiger charge is 2.04. The predicted molar refractivity (Wildman–Crippen MR) is 104 cm³/mol. The third-order valence-corrected chi connectivity index (χ3v) is 3.99. The molecule has 0 aliphatic rings. The third kappa shape index (κ3) is 5.85. The van der Waals surface area contributed by atoms with Crippen LogP contribution in [0.15, 0.2) is 78.9 Å². The summed E-state index contributed by atoms with van der Waals surface area (Å²) in [6.07, 6.45) is 0. The molecule has 27 heavy (non-hydrogen) atoms. The zero-order valence-electron chi connectivity index (χ0n) is 14.8. The Bertz CT molecular complexity index is 867. The van der Waals surface area contributed by atoms with Gasteiger partial charge in [0.15, 0.2) is 0 Å². The van der Waals surface area contributed by atoms with E-state index in [0.29, 0.717) is 12.2 Å². The minimum atomic E-state index is -0.322. The summed E-state index contributed by atoms with van der Waals surface area (Å²) in [7, 11) is 0. The fourth-order valence-corrected chi connectivity index (χ4v) is 2.49. The van der Waals surface area contributed by atoms with E-state index < -0.39 is 0 Å². The van der Waals surface area contributed by atoms with Crippen molar-refractivity contribution in [1.29, 1.82) is 0 Å². The van der Waals surface area contributed by atoms with Crippen molar-refractivity contribution in [1.82, 2.24) is 5.32 Å². The standard InChI is InChI=1S/C22H21FN2O2/c23-21-9-5-4-8-18(21)14-25-22(26)15-24-19-10-12-20(13-11-19)27-16-17-6-2-1-3-7-17/h1-13,24H,14-16H2,(H,25,26). The average molecular weight is 364 g/mol. The molecule has 0 atom stereocenters. The molecular formula is C22H21FN2O2. The maximum atomic E-state index is 13.5. The van der Waals surface area contributed by atoms with Crippen LogP contribution < -0.4 is 15.4 Å². The Morgan fingerprint density at radius 3 is 2.33 bits per heavy atom. The molecule has 0 saturated carbocycles. The average Bonchev–Trinajstić information content (AvgIpc) is 2.71. The fourth-order valence-electron chi connectivity index (χ4n) is 2.49. The molecule has 3 rings (SSSR count). The summed E-state index contributed by atoms with van der Waals surface area (Å²) in [5.41, 5.74) is 2.38. The molecule has 0 fully saturated rings. The summed E-state index contributed by atoms with van der Waals surface area (Å²) in [5.74, 6) is 0.230. The lowest BCUT2D eigenvalue weighted by molar-refractivity contribution is -0.119. The molecule has 0 aliphatic heterocycles. The Morgan fingerprint density at radius 2 is 1.59 bits per heavy atom. The van der Waals surface area contributed by atoms with Crippen LogP contribution in [0.4, 0.5) is 10.1 Å². The van der Waals surface area contributed by atoms with Crippen molar-refractivity contribution >= 4 is 11.6 Å². The maximum Gasteiger partial charge on any atom is 0.239 e. The van der Waals surface area contributed by atoms with Crippen LogP contribution in [0.25, 0.3) is 0 Å². The Kier molecular flexibility index (Phi) is 6.41. The van der Waals surface area contributed by atoms with Gasteiger partial charge < -0.3 is 15.4 Å². The molecule has 3 aromatic carbocycles. The van der Waals surface area contributed by atoms with E-state index in [1.165, 1.54) is 6.07 Å². The second-order valence-electron chi connectivity index (χ2n) is 6.02. The van der Waals surface area contributed by atoms with E-state index in [0.717, 1.165) is 17.0 Å². The van der Waals surface area contributed by atoms with Crippen molar-refractivity contribution in [2.24, 2.45) is 0 Å². The normalized spacial score (nSPS) is 10.3. The van der Waals surface area contributed by atoms with Crippen LogP contribution in [0.2, 0.25) is 0 Å². The molecule has 0 unspecified atom stereocenters. The van der Waals surface area contributed by atoms with Gasteiger partial charge in [0.25, 0.3) is 0 Å². The zero-order valence-corrected chi connectivity index (χ0v) is 14.8. The van der Waals surface area contributed by atoms with E-state index in [4.69, 9.17) is 4.74 Å². The van der Waals surface area contributed by atoms with E-state index in [-0.39, 0.29) is 24.8 Å². The van der Waals surface area contributed by atoms with E-state index in [2.05, 4.69) is 10.6 Å². The molecule has 4 nitrogen and oxygen atoms in total. The third-order valence-electron chi connectivity index (χ3n) is 3.99. The Balaban J connectivity index is 1.41. The highest BCUT2D eigenvalue weighted by molar-refractivity contribution is 5.80. The number of amides is 1. The first-order valence-electron chi connectivity index (χ1n) is 8.71. The van der Waals surface area contributed by atoms with E-state index in [9.17, 15) is 9.18 Å². The van der Waals surface area contributed by atoms with Crippen molar-refractivity contribution in [3.05, 3.63) is 95.8 Å². The molecule has 3 aromatic rings. The summed E-state index contributed by atoms with van der Waals surface area (Å²) in [5, 5.41) is 5.73. The fraction of sp³-hybridized carbons (Fsp3) is 0.136. The topological polar surface area (TPSA) is 50.4 Å². The van der Waals surface area contributed by atoms with Gasteiger partial charge in [0.05, 0.1) is 6.54 Å². The molecular weight excluding hydrogens is 343 g/mol. The van der Waals surface area contributed by atoms with Crippen LogP contribution >= 0.6 is 0 Å². The van der Waals surface area contributed by atoms with Gasteiger partial charge in [0.1, 0.15) is 18.2 Å². The molecule has 0 bridgehead atoms. The highest BCUT2D eigenvalue weighted by Crippen LogP contribution is 2.17. The quantitative estimate of drug-likeness (QED) is 0.632. The summed E-state index contributed by atoms with van der Waals surface area (Å²) < 4.78 is 19.2. The van der Waals surface area contributed by atoms with Crippen molar-refractivity contribution < 1.29 is 13.9 Å². The van der Waals surface area contributed by atoms with E-state index in [1.54, 1.807) is 18.2 Å². The Hall–Kier alpha value is -3.34. The first kappa shape index (κ1) is 18.5. The number of benzene rings is 3. The van der Waals surface area contributed by atoms with Gasteiger partial charge in [-0.25, -0.2) is 4.39 Å². The molecule has 0 aliphatic carbocycles. The summed E-state index contributed by atoms with van der Waals surface area (Å²) in [4.78, 5) is 11.9. The van der Waals surface area contributed by atoms with Gasteiger partial charge in [-0.1, -0.05) is 48.5 Å². The van der Waals surface area contributed by atoms with Crippen molar-refractivity contribution in [3.63, 3.8) is 0 Å². The molecule has 0 radical (unpaired) electrons. The van der Waals surface area contributed by atoms with Gasteiger partial charge in [0, 0.05) is 17.8 Å². The number of ether oxygens (including phenoxy) is 1. The van der Waals surface area contributed by atoms with Crippen LogP contribution in [0.3, 0.4) is 0 Å². The predicted octanol–water partition coefficient (Wildman–Crippen LogP) is 4.13. The lowest BCUT2D eigenvalue weighted by atomic mass is 10.2. The van der Waals surface area contributed by atoms with Crippen molar-refractivity contribution in [3.8, 4) is 5.75 Å². The summed E-state index contributed by atoms with van der Waals surface area (Å²) in [6, 6.07) is 23.7. The van der Waals surface area contributed by atoms with E-state index >= 15 is 0 Å². The largest absolute Gasteiger partial charge is 0.489 e. The number of anilines is 1.